The summed E-state index contributed by atoms with van der Waals surface area (Å²) in [5.74, 6) is 0.352. The van der Waals surface area contributed by atoms with Crippen LogP contribution >= 0.6 is 11.8 Å². The van der Waals surface area contributed by atoms with Crippen molar-refractivity contribution >= 4 is 23.4 Å². The van der Waals surface area contributed by atoms with Gasteiger partial charge in [0, 0.05) is 17.8 Å². The van der Waals surface area contributed by atoms with Crippen LogP contribution in [0.5, 0.6) is 0 Å². The van der Waals surface area contributed by atoms with Crippen molar-refractivity contribution in [2.45, 2.75) is 24.8 Å². The van der Waals surface area contributed by atoms with Gasteiger partial charge in [0.25, 0.3) is 0 Å². The Balaban J connectivity index is 1.65. The van der Waals surface area contributed by atoms with Crippen molar-refractivity contribution in [3.05, 3.63) is 70.6 Å². The lowest BCUT2D eigenvalue weighted by molar-refractivity contribution is -0.704. The molecule has 0 aliphatic heterocycles. The second-order valence-electron chi connectivity index (χ2n) is 6.07. The van der Waals surface area contributed by atoms with Crippen LogP contribution in [-0.4, -0.2) is 16.9 Å². The number of nitrogens with one attached hydrogen (secondary N) is 2. The number of thioether (sulfide) groups is 1. The number of carbonyl (C=O) groups excluding carboxylic acids is 1. The lowest BCUT2D eigenvalue weighted by atomic mass is 10.0. The third kappa shape index (κ3) is 4.23. The molecule has 2 aromatic carbocycles. The fourth-order valence-corrected chi connectivity index (χ4v) is 3.19. The Hall–Kier alpha value is -2.80. The number of aromatic nitrogens is 2. The third-order valence-electron chi connectivity index (χ3n) is 3.82. The Morgan fingerprint density at radius 3 is 2.50 bits per heavy atom. The number of aromatic amines is 1. The summed E-state index contributed by atoms with van der Waals surface area (Å²) in [6, 6.07) is 17.0. The van der Waals surface area contributed by atoms with E-state index in [2.05, 4.69) is 24.4 Å². The first-order valence-corrected chi connectivity index (χ1v) is 9.24. The summed E-state index contributed by atoms with van der Waals surface area (Å²) in [4.78, 5) is 24.1. The number of amides is 1. The molecule has 3 aromatic rings. The molecule has 0 bridgehead atoms. The van der Waals surface area contributed by atoms with Gasteiger partial charge in [-0.15, -0.1) is 0 Å². The molecule has 134 valence electrons. The first kappa shape index (κ1) is 18.0. The summed E-state index contributed by atoms with van der Waals surface area (Å²) in [6.07, 6.45) is 0. The minimum absolute atomic E-state index is 0.0986. The van der Waals surface area contributed by atoms with Gasteiger partial charge in [-0.2, -0.15) is 0 Å². The molecule has 2 N–H and O–H groups in total. The summed E-state index contributed by atoms with van der Waals surface area (Å²) in [7, 11) is 0. The molecule has 0 spiro atoms. The van der Waals surface area contributed by atoms with Crippen molar-refractivity contribution in [2.24, 2.45) is 0 Å². The van der Waals surface area contributed by atoms with E-state index < -0.39 is 5.63 Å². The third-order valence-corrected chi connectivity index (χ3v) is 4.85. The minimum Gasteiger partial charge on any atom is -0.325 e. The number of H-pyrrole nitrogens is 1. The summed E-state index contributed by atoms with van der Waals surface area (Å²) < 4.78 is 6.39. The molecule has 7 heteroatoms. The molecule has 0 saturated carbocycles. The van der Waals surface area contributed by atoms with Gasteiger partial charge < -0.3 is 5.32 Å². The molecule has 1 aromatic heterocycles. The largest absolute Gasteiger partial charge is 0.442 e. The molecule has 0 fully saturated rings. The van der Waals surface area contributed by atoms with Gasteiger partial charge in [0.2, 0.25) is 11.6 Å². The molecule has 0 radical (unpaired) electrons. The van der Waals surface area contributed by atoms with Crippen molar-refractivity contribution < 1.29 is 14.0 Å². The Labute approximate surface area is 155 Å². The van der Waals surface area contributed by atoms with E-state index in [0.717, 1.165) is 23.1 Å². The molecule has 6 nitrogen and oxygen atoms in total. The van der Waals surface area contributed by atoms with Gasteiger partial charge in [0.05, 0.1) is 5.75 Å². The Morgan fingerprint density at radius 1 is 1.15 bits per heavy atom. The minimum atomic E-state index is -0.507. The average molecular weight is 370 g/mol. The van der Waals surface area contributed by atoms with Crippen LogP contribution in [0.15, 0.2) is 68.9 Å². The van der Waals surface area contributed by atoms with E-state index >= 15 is 0 Å². The lowest BCUT2D eigenvalue weighted by Crippen LogP contribution is -2.36. The van der Waals surface area contributed by atoms with Crippen LogP contribution in [0.2, 0.25) is 0 Å². The summed E-state index contributed by atoms with van der Waals surface area (Å²) in [6.45, 7) is 4.24. The number of anilines is 1. The fraction of sp³-hybridized carbons (Fsp3) is 0.211. The molecule has 1 heterocycles. The van der Waals surface area contributed by atoms with Crippen molar-refractivity contribution in [2.75, 3.05) is 11.1 Å². The number of benzene rings is 2. The molecular weight excluding hydrogens is 350 g/mol. The number of rotatable bonds is 6. The zero-order valence-corrected chi connectivity index (χ0v) is 15.4. The van der Waals surface area contributed by atoms with Crippen molar-refractivity contribution in [1.82, 2.24) is 5.27 Å². The predicted octanol–water partition coefficient (Wildman–Crippen LogP) is 3.10. The zero-order chi connectivity index (χ0) is 18.5. The van der Waals surface area contributed by atoms with E-state index in [0.29, 0.717) is 10.9 Å². The number of carbonyl (C=O) groups is 1. The zero-order valence-electron chi connectivity index (χ0n) is 14.6. The average Bonchev–Trinajstić information content (AvgIpc) is 3.02. The highest BCUT2D eigenvalue weighted by Gasteiger charge is 2.24. The van der Waals surface area contributed by atoms with E-state index in [-0.39, 0.29) is 11.7 Å². The van der Waals surface area contributed by atoms with Crippen molar-refractivity contribution in [1.29, 1.82) is 0 Å². The van der Waals surface area contributed by atoms with Crippen LogP contribution < -0.4 is 15.6 Å². The molecule has 26 heavy (non-hydrogen) atoms. The first-order valence-electron chi connectivity index (χ1n) is 8.26. The number of nitrogens with zero attached hydrogens (tertiary/aromatic N) is 1. The second-order valence-corrected chi connectivity index (χ2v) is 7.03. The summed E-state index contributed by atoms with van der Waals surface area (Å²) >= 11 is 1.12. The maximum Gasteiger partial charge on any atom is 0.442 e. The van der Waals surface area contributed by atoms with E-state index in [4.69, 9.17) is 4.52 Å². The Bertz CT molecular complexity index is 931. The molecule has 1 amide bonds. The molecule has 0 unspecified atom stereocenters. The molecule has 0 saturated heterocycles. The summed E-state index contributed by atoms with van der Waals surface area (Å²) in [5, 5.41) is 5.72. The standard InChI is InChI=1S/C19H19N3O3S/c1-13(2)14-8-10-15(11-9-14)20-17(23)12-26-18-19(24)25-21-22(18)16-6-4-3-5-7-16/h3-11,13H,12H2,1-2H3,(H-,20,21,23,24)/p+1. The normalized spacial score (nSPS) is 10.9. The van der Waals surface area contributed by atoms with Gasteiger partial charge in [0.15, 0.2) is 0 Å². The molecular formula is C19H20N3O3S+. The number of para-hydroxylation sites is 1. The summed E-state index contributed by atoms with van der Waals surface area (Å²) in [5.41, 5.74) is 2.20. The van der Waals surface area contributed by atoms with Crippen molar-refractivity contribution in [3.63, 3.8) is 0 Å². The quantitative estimate of drug-likeness (QED) is 0.516. The van der Waals surface area contributed by atoms with Crippen LogP contribution in [0.1, 0.15) is 25.3 Å². The molecule has 0 aliphatic rings. The second kappa shape index (κ2) is 8.05. The number of hydrogen-bond acceptors (Lipinski definition) is 4. The SMILES string of the molecule is CC(C)c1ccc(NC(=O)CSc2c(=O)o[nH][n+]2-c2ccccc2)cc1. The van der Waals surface area contributed by atoms with Gasteiger partial charge in [-0.1, -0.05) is 44.2 Å². The first-order chi connectivity index (χ1) is 12.5. The monoisotopic (exact) mass is 370 g/mol. The van der Waals surface area contributed by atoms with Gasteiger partial charge in [-0.25, -0.2) is 4.79 Å². The van der Waals surface area contributed by atoms with Gasteiger partial charge >= 0.3 is 10.7 Å². The van der Waals surface area contributed by atoms with Crippen LogP contribution in [0, 0.1) is 0 Å². The van der Waals surface area contributed by atoms with Crippen molar-refractivity contribution in [3.8, 4) is 5.69 Å². The highest BCUT2D eigenvalue weighted by Crippen LogP contribution is 2.18. The van der Waals surface area contributed by atoms with Crippen LogP contribution in [0.3, 0.4) is 0 Å². The predicted molar refractivity (Wildman–Crippen MR) is 101 cm³/mol. The Kier molecular flexibility index (Phi) is 5.58. The van der Waals surface area contributed by atoms with E-state index in [9.17, 15) is 9.59 Å². The van der Waals surface area contributed by atoms with Crippen LogP contribution in [0.4, 0.5) is 5.69 Å². The maximum atomic E-state index is 12.2. The fourth-order valence-electron chi connectivity index (χ4n) is 2.42. The van der Waals surface area contributed by atoms with E-state index in [1.807, 2.05) is 54.6 Å². The lowest BCUT2D eigenvalue weighted by Gasteiger charge is -2.07. The maximum absolute atomic E-state index is 12.2. The van der Waals surface area contributed by atoms with Gasteiger partial charge in [-0.05, 0) is 45.3 Å². The Morgan fingerprint density at radius 2 is 1.85 bits per heavy atom. The van der Waals surface area contributed by atoms with Gasteiger partial charge in [0.1, 0.15) is 0 Å². The van der Waals surface area contributed by atoms with E-state index in [1.54, 1.807) is 0 Å². The topological polar surface area (TPSA) is 79.0 Å². The van der Waals surface area contributed by atoms with Crippen LogP contribution in [-0.2, 0) is 4.79 Å². The highest BCUT2D eigenvalue weighted by molar-refractivity contribution is 7.99. The molecule has 0 aliphatic carbocycles. The van der Waals surface area contributed by atoms with Gasteiger partial charge in [-0.3, -0.25) is 9.32 Å². The number of hydrogen-bond donors (Lipinski definition) is 2. The van der Waals surface area contributed by atoms with Crippen LogP contribution in [0.25, 0.3) is 5.69 Å². The van der Waals surface area contributed by atoms with E-state index in [1.165, 1.54) is 10.2 Å². The smallest absolute Gasteiger partial charge is 0.325 e. The molecule has 3 rings (SSSR count). The molecule has 0 atom stereocenters. The highest BCUT2D eigenvalue weighted by atomic mass is 32.2.